The molecule has 0 aliphatic rings. The zero-order chi connectivity index (χ0) is 14.7. The molecule has 0 heteroatoms. The molecular weight excluding hydrogens is 240 g/mol. The molecule has 0 aliphatic heterocycles. The molecule has 0 N–H and O–H groups in total. The summed E-state index contributed by atoms with van der Waals surface area (Å²) < 4.78 is 0. The molecule has 0 nitrogen and oxygen atoms in total. The lowest BCUT2D eigenvalue weighted by molar-refractivity contribution is 0.577. The summed E-state index contributed by atoms with van der Waals surface area (Å²) in [4.78, 5) is 0. The molecule has 0 atom stereocenters. The third kappa shape index (κ3) is 17.5. The van der Waals surface area contributed by atoms with E-state index in [1.165, 1.54) is 83.5 Å². The molecule has 0 spiro atoms. The molecule has 0 saturated heterocycles. The zero-order valence-corrected chi connectivity index (χ0v) is 14.2. The smallest absolute Gasteiger partial charge is 0.0169 e. The fraction of sp³-hybridized carbons (Fsp3) is 0.800. The van der Waals surface area contributed by atoms with Crippen LogP contribution in [0.2, 0.25) is 0 Å². The standard InChI is InChI=1S/C20H38/c1-3-5-7-9-11-13-15-17-19-20-18-16-14-12-10-8-6-4-2/h11,13,17,19H,3-10,12,14-16,18,20H2,1-2H3/b13-11-,19-17+. The summed E-state index contributed by atoms with van der Waals surface area (Å²) in [6, 6.07) is 0. The molecule has 0 rings (SSSR count). The van der Waals surface area contributed by atoms with Crippen molar-refractivity contribution in [2.75, 3.05) is 0 Å². The van der Waals surface area contributed by atoms with Gasteiger partial charge in [0.2, 0.25) is 0 Å². The van der Waals surface area contributed by atoms with E-state index in [0.717, 1.165) is 6.42 Å². The maximum Gasteiger partial charge on any atom is -0.0169 e. The van der Waals surface area contributed by atoms with Gasteiger partial charge in [-0.2, -0.15) is 0 Å². The van der Waals surface area contributed by atoms with Crippen molar-refractivity contribution in [2.45, 2.75) is 104 Å². The molecule has 0 aromatic carbocycles. The van der Waals surface area contributed by atoms with Gasteiger partial charge in [0.05, 0.1) is 0 Å². The number of hydrogen-bond acceptors (Lipinski definition) is 0. The van der Waals surface area contributed by atoms with Gasteiger partial charge < -0.3 is 0 Å². The van der Waals surface area contributed by atoms with Gasteiger partial charge in [0.1, 0.15) is 0 Å². The minimum absolute atomic E-state index is 1.13. The van der Waals surface area contributed by atoms with Crippen LogP contribution in [-0.2, 0) is 0 Å². The second kappa shape index (κ2) is 18.5. The summed E-state index contributed by atoms with van der Waals surface area (Å²) in [5.41, 5.74) is 0. The van der Waals surface area contributed by atoms with E-state index >= 15 is 0 Å². The fourth-order valence-electron chi connectivity index (χ4n) is 2.41. The van der Waals surface area contributed by atoms with Crippen molar-refractivity contribution in [2.24, 2.45) is 0 Å². The molecule has 0 aliphatic carbocycles. The Balaban J connectivity index is 3.12. The summed E-state index contributed by atoms with van der Waals surface area (Å²) in [7, 11) is 0. The summed E-state index contributed by atoms with van der Waals surface area (Å²) in [5, 5.41) is 0. The normalized spacial score (nSPS) is 11.9. The molecule has 0 fully saturated rings. The van der Waals surface area contributed by atoms with Crippen LogP contribution in [-0.4, -0.2) is 0 Å². The molecule has 0 radical (unpaired) electrons. The average molecular weight is 279 g/mol. The van der Waals surface area contributed by atoms with Crippen LogP contribution in [0.15, 0.2) is 24.3 Å². The lowest BCUT2D eigenvalue weighted by Gasteiger charge is -1.99. The van der Waals surface area contributed by atoms with Crippen molar-refractivity contribution in [3.8, 4) is 0 Å². The molecule has 0 aromatic rings. The van der Waals surface area contributed by atoms with E-state index in [4.69, 9.17) is 0 Å². The predicted octanol–water partition coefficient (Wildman–Crippen LogP) is 7.60. The lowest BCUT2D eigenvalue weighted by Crippen LogP contribution is -1.79. The first-order valence-electron chi connectivity index (χ1n) is 9.21. The van der Waals surface area contributed by atoms with Crippen molar-refractivity contribution >= 4 is 0 Å². The quantitative estimate of drug-likeness (QED) is 0.214. The van der Waals surface area contributed by atoms with Gasteiger partial charge in [0.15, 0.2) is 0 Å². The van der Waals surface area contributed by atoms with Crippen LogP contribution >= 0.6 is 0 Å². The number of hydrogen-bond donors (Lipinski definition) is 0. The number of allylic oxidation sites excluding steroid dienone is 4. The van der Waals surface area contributed by atoms with Gasteiger partial charge in [-0.3, -0.25) is 0 Å². The minimum atomic E-state index is 1.13. The van der Waals surface area contributed by atoms with E-state index in [-0.39, 0.29) is 0 Å². The first-order valence-corrected chi connectivity index (χ1v) is 9.21. The monoisotopic (exact) mass is 278 g/mol. The fourth-order valence-corrected chi connectivity index (χ4v) is 2.41. The van der Waals surface area contributed by atoms with Crippen LogP contribution in [0, 0.1) is 0 Å². The van der Waals surface area contributed by atoms with Gasteiger partial charge in [0, 0.05) is 0 Å². The second-order valence-corrected chi connectivity index (χ2v) is 5.94. The van der Waals surface area contributed by atoms with Crippen LogP contribution in [0.5, 0.6) is 0 Å². The van der Waals surface area contributed by atoms with Crippen molar-refractivity contribution in [3.05, 3.63) is 24.3 Å². The Labute approximate surface area is 128 Å². The topological polar surface area (TPSA) is 0 Å². The lowest BCUT2D eigenvalue weighted by atomic mass is 10.1. The van der Waals surface area contributed by atoms with Crippen LogP contribution in [0.25, 0.3) is 0 Å². The van der Waals surface area contributed by atoms with Gasteiger partial charge in [-0.25, -0.2) is 0 Å². The van der Waals surface area contributed by atoms with Crippen LogP contribution in [0.4, 0.5) is 0 Å². The van der Waals surface area contributed by atoms with Gasteiger partial charge in [0.25, 0.3) is 0 Å². The Kier molecular flexibility index (Phi) is 18.0. The van der Waals surface area contributed by atoms with Crippen molar-refractivity contribution < 1.29 is 0 Å². The highest BCUT2D eigenvalue weighted by molar-refractivity contribution is 4.92. The molecule has 0 saturated carbocycles. The third-order valence-corrected chi connectivity index (χ3v) is 3.80. The Morgan fingerprint density at radius 1 is 0.450 bits per heavy atom. The van der Waals surface area contributed by atoms with Crippen molar-refractivity contribution in [1.29, 1.82) is 0 Å². The first kappa shape index (κ1) is 19.5. The SMILES string of the molecule is CCCCC/C=C\C/C=C/CCCCCCCCCC. The largest absolute Gasteiger partial charge is 0.0882 e. The van der Waals surface area contributed by atoms with Gasteiger partial charge in [-0.05, 0) is 32.1 Å². The van der Waals surface area contributed by atoms with E-state index in [1.807, 2.05) is 0 Å². The molecular formula is C20H38. The highest BCUT2D eigenvalue weighted by atomic mass is 14.0. The van der Waals surface area contributed by atoms with Crippen LogP contribution in [0.3, 0.4) is 0 Å². The third-order valence-electron chi connectivity index (χ3n) is 3.80. The molecule has 0 amide bonds. The van der Waals surface area contributed by atoms with E-state index in [1.54, 1.807) is 0 Å². The Bertz CT molecular complexity index is 212. The van der Waals surface area contributed by atoms with Crippen LogP contribution < -0.4 is 0 Å². The molecule has 0 bridgehead atoms. The van der Waals surface area contributed by atoms with Gasteiger partial charge in [-0.15, -0.1) is 0 Å². The second-order valence-electron chi connectivity index (χ2n) is 5.94. The Morgan fingerprint density at radius 3 is 1.40 bits per heavy atom. The van der Waals surface area contributed by atoms with Gasteiger partial charge >= 0.3 is 0 Å². The van der Waals surface area contributed by atoms with Crippen molar-refractivity contribution in [1.82, 2.24) is 0 Å². The summed E-state index contributed by atoms with van der Waals surface area (Å²) in [6.45, 7) is 4.55. The maximum atomic E-state index is 2.37. The van der Waals surface area contributed by atoms with E-state index < -0.39 is 0 Å². The molecule has 20 heavy (non-hydrogen) atoms. The van der Waals surface area contributed by atoms with Crippen LogP contribution in [0.1, 0.15) is 104 Å². The average Bonchev–Trinajstić information content (AvgIpc) is 2.47. The zero-order valence-electron chi connectivity index (χ0n) is 14.2. The highest BCUT2D eigenvalue weighted by Gasteiger charge is 1.90. The van der Waals surface area contributed by atoms with E-state index in [2.05, 4.69) is 38.2 Å². The predicted molar refractivity (Wildman–Crippen MR) is 94.3 cm³/mol. The van der Waals surface area contributed by atoms with E-state index in [9.17, 15) is 0 Å². The highest BCUT2D eigenvalue weighted by Crippen LogP contribution is 2.09. The summed E-state index contributed by atoms with van der Waals surface area (Å²) >= 11 is 0. The van der Waals surface area contributed by atoms with Crippen molar-refractivity contribution in [3.63, 3.8) is 0 Å². The number of rotatable bonds is 15. The van der Waals surface area contributed by atoms with E-state index in [0.29, 0.717) is 0 Å². The van der Waals surface area contributed by atoms with Gasteiger partial charge in [-0.1, -0.05) is 95.9 Å². The Morgan fingerprint density at radius 2 is 0.850 bits per heavy atom. The maximum absolute atomic E-state index is 2.37. The molecule has 0 unspecified atom stereocenters. The first-order chi connectivity index (χ1) is 9.91. The Hall–Kier alpha value is -0.520. The number of unbranched alkanes of at least 4 members (excludes halogenated alkanes) is 11. The summed E-state index contributed by atoms with van der Waals surface area (Å²) in [5.74, 6) is 0. The summed E-state index contributed by atoms with van der Waals surface area (Å²) in [6.07, 6.45) is 28.5. The minimum Gasteiger partial charge on any atom is -0.0882 e. The molecule has 118 valence electrons. The molecule has 0 heterocycles. The molecule has 0 aromatic heterocycles.